The van der Waals surface area contributed by atoms with Gasteiger partial charge in [-0.2, -0.15) is 10.1 Å². The minimum atomic E-state index is -0.302. The van der Waals surface area contributed by atoms with Gasteiger partial charge in [0.15, 0.2) is 0 Å². The fourth-order valence-corrected chi connectivity index (χ4v) is 4.83. The smallest absolute Gasteiger partial charge is 0.226 e. The van der Waals surface area contributed by atoms with Crippen LogP contribution in [0.1, 0.15) is 35.8 Å². The SMILES string of the molecule is CCOc1ccc([C@@H]2Oc3ccccc3C3=C2[C@@H](c2ccc(Br)cc2)n2ncnc2N3)cc1. The lowest BCUT2D eigenvalue weighted by atomic mass is 9.84. The number of ether oxygens (including phenoxy) is 2. The number of nitrogens with one attached hydrogen (secondary N) is 1. The summed E-state index contributed by atoms with van der Waals surface area (Å²) in [5, 5.41) is 8.10. The van der Waals surface area contributed by atoms with Crippen LogP contribution in [0.3, 0.4) is 0 Å². The normalized spacial score (nSPS) is 18.5. The number of nitrogens with zero attached hydrogens (tertiary/aromatic N) is 3. The number of rotatable bonds is 4. The predicted octanol–water partition coefficient (Wildman–Crippen LogP) is 6.00. The quantitative estimate of drug-likeness (QED) is 0.372. The maximum Gasteiger partial charge on any atom is 0.226 e. The lowest BCUT2D eigenvalue weighted by Crippen LogP contribution is -2.32. The van der Waals surface area contributed by atoms with Gasteiger partial charge in [-0.3, -0.25) is 0 Å². The van der Waals surface area contributed by atoms with Crippen LogP contribution in [-0.2, 0) is 0 Å². The fourth-order valence-electron chi connectivity index (χ4n) is 4.56. The van der Waals surface area contributed by atoms with E-state index in [0.29, 0.717) is 12.6 Å². The van der Waals surface area contributed by atoms with Crippen LogP contribution in [0.5, 0.6) is 11.5 Å². The fraction of sp³-hybridized carbons (Fsp3) is 0.154. The Kier molecular flexibility index (Phi) is 4.91. The molecule has 2 aliphatic rings. The van der Waals surface area contributed by atoms with Gasteiger partial charge in [-0.05, 0) is 54.4 Å². The minimum Gasteiger partial charge on any atom is -0.494 e. The molecule has 0 radical (unpaired) electrons. The van der Waals surface area contributed by atoms with Crippen molar-refractivity contribution in [2.24, 2.45) is 0 Å². The van der Waals surface area contributed by atoms with Crippen molar-refractivity contribution >= 4 is 27.6 Å². The zero-order valence-electron chi connectivity index (χ0n) is 17.9. The molecule has 2 aliphatic heterocycles. The van der Waals surface area contributed by atoms with Crippen LogP contribution >= 0.6 is 15.9 Å². The molecule has 0 amide bonds. The molecule has 33 heavy (non-hydrogen) atoms. The van der Waals surface area contributed by atoms with Crippen LogP contribution in [0.2, 0.25) is 0 Å². The molecular weight excluding hydrogens is 480 g/mol. The molecule has 6 nitrogen and oxygen atoms in total. The van der Waals surface area contributed by atoms with Crippen LogP contribution in [0, 0.1) is 0 Å². The number of anilines is 1. The van der Waals surface area contributed by atoms with E-state index in [4.69, 9.17) is 9.47 Å². The highest BCUT2D eigenvalue weighted by molar-refractivity contribution is 9.10. The molecule has 3 aromatic carbocycles. The monoisotopic (exact) mass is 500 g/mol. The summed E-state index contributed by atoms with van der Waals surface area (Å²) >= 11 is 3.56. The molecule has 0 saturated carbocycles. The lowest BCUT2D eigenvalue weighted by Gasteiger charge is -2.39. The second kappa shape index (κ2) is 8.08. The highest BCUT2D eigenvalue weighted by atomic mass is 79.9. The Labute approximate surface area is 200 Å². The molecule has 0 unspecified atom stereocenters. The molecule has 0 aliphatic carbocycles. The zero-order chi connectivity index (χ0) is 22.4. The third kappa shape index (κ3) is 3.40. The van der Waals surface area contributed by atoms with Gasteiger partial charge in [0.05, 0.1) is 12.3 Å². The van der Waals surface area contributed by atoms with Crippen molar-refractivity contribution in [1.82, 2.24) is 14.8 Å². The third-order valence-corrected chi connectivity index (χ3v) is 6.53. The van der Waals surface area contributed by atoms with Crippen molar-refractivity contribution in [3.8, 4) is 11.5 Å². The Balaban J connectivity index is 1.56. The van der Waals surface area contributed by atoms with E-state index >= 15 is 0 Å². The molecular formula is C26H21BrN4O2. The molecule has 3 heterocycles. The molecule has 6 rings (SSSR count). The van der Waals surface area contributed by atoms with Crippen LogP contribution in [0.4, 0.5) is 5.95 Å². The van der Waals surface area contributed by atoms with Crippen LogP contribution < -0.4 is 14.8 Å². The van der Waals surface area contributed by atoms with E-state index in [9.17, 15) is 0 Å². The standard InChI is InChI=1S/C26H21BrN4O2/c1-2-32-19-13-9-17(10-14-19)25-22-23(20-5-3-4-6-21(20)33-25)30-26-28-15-29-31(26)24(22)16-7-11-18(27)12-8-16/h3-15,24-25H,2H2,1H3,(H,28,29,30)/t24-,25+/m1/s1. The number of hydrogen-bond acceptors (Lipinski definition) is 5. The Morgan fingerprint density at radius 3 is 2.55 bits per heavy atom. The van der Waals surface area contributed by atoms with E-state index in [1.165, 1.54) is 0 Å². The van der Waals surface area contributed by atoms with Gasteiger partial charge in [0, 0.05) is 15.6 Å². The van der Waals surface area contributed by atoms with Crippen LogP contribution in [0.15, 0.2) is 89.2 Å². The van der Waals surface area contributed by atoms with Crippen LogP contribution in [-0.4, -0.2) is 21.4 Å². The topological polar surface area (TPSA) is 61.2 Å². The number of halogens is 1. The Bertz CT molecular complexity index is 1350. The second-order valence-electron chi connectivity index (χ2n) is 7.93. The highest BCUT2D eigenvalue weighted by Gasteiger charge is 2.40. The van der Waals surface area contributed by atoms with Crippen molar-refractivity contribution in [3.63, 3.8) is 0 Å². The van der Waals surface area contributed by atoms with E-state index < -0.39 is 0 Å². The van der Waals surface area contributed by atoms with Gasteiger partial charge < -0.3 is 14.8 Å². The first-order valence-corrected chi connectivity index (χ1v) is 11.7. The van der Waals surface area contributed by atoms with Gasteiger partial charge in [0.25, 0.3) is 0 Å². The van der Waals surface area contributed by atoms with Gasteiger partial charge in [-0.15, -0.1) is 0 Å². The molecule has 1 N–H and O–H groups in total. The average Bonchev–Trinajstić information content (AvgIpc) is 3.32. The summed E-state index contributed by atoms with van der Waals surface area (Å²) in [6, 6.07) is 24.4. The molecule has 2 atom stereocenters. The van der Waals surface area contributed by atoms with Crippen molar-refractivity contribution in [2.45, 2.75) is 19.1 Å². The van der Waals surface area contributed by atoms with Crippen molar-refractivity contribution in [1.29, 1.82) is 0 Å². The van der Waals surface area contributed by atoms with E-state index in [2.05, 4.69) is 73.8 Å². The molecule has 0 bridgehead atoms. The van der Waals surface area contributed by atoms with Gasteiger partial charge in [0.2, 0.25) is 5.95 Å². The summed E-state index contributed by atoms with van der Waals surface area (Å²) in [6.45, 7) is 2.62. The number of benzene rings is 3. The Hall–Kier alpha value is -3.58. The summed E-state index contributed by atoms with van der Waals surface area (Å²) in [7, 11) is 0. The summed E-state index contributed by atoms with van der Waals surface area (Å²) in [5.41, 5.74) is 5.29. The average molecular weight is 501 g/mol. The Morgan fingerprint density at radius 2 is 1.76 bits per heavy atom. The first-order chi connectivity index (χ1) is 16.2. The number of hydrogen-bond donors (Lipinski definition) is 1. The first kappa shape index (κ1) is 20.1. The summed E-state index contributed by atoms with van der Waals surface area (Å²) < 4.78 is 15.3. The molecule has 1 aromatic heterocycles. The highest BCUT2D eigenvalue weighted by Crippen LogP contribution is 2.50. The number of aromatic nitrogens is 3. The van der Waals surface area contributed by atoms with E-state index in [-0.39, 0.29) is 12.1 Å². The minimum absolute atomic E-state index is 0.170. The largest absolute Gasteiger partial charge is 0.494 e. The van der Waals surface area contributed by atoms with Crippen molar-refractivity contribution < 1.29 is 9.47 Å². The van der Waals surface area contributed by atoms with Gasteiger partial charge >= 0.3 is 0 Å². The zero-order valence-corrected chi connectivity index (χ0v) is 19.5. The van der Waals surface area contributed by atoms with E-state index in [0.717, 1.165) is 43.9 Å². The van der Waals surface area contributed by atoms with Gasteiger partial charge in [0.1, 0.15) is 30.0 Å². The van der Waals surface area contributed by atoms with Gasteiger partial charge in [-0.1, -0.05) is 52.3 Å². The lowest BCUT2D eigenvalue weighted by molar-refractivity contribution is 0.223. The van der Waals surface area contributed by atoms with Crippen molar-refractivity contribution in [2.75, 3.05) is 11.9 Å². The molecule has 0 spiro atoms. The number of para-hydroxylation sites is 1. The molecule has 4 aromatic rings. The van der Waals surface area contributed by atoms with Gasteiger partial charge in [-0.25, -0.2) is 4.68 Å². The molecule has 7 heteroatoms. The third-order valence-electron chi connectivity index (χ3n) is 6.00. The summed E-state index contributed by atoms with van der Waals surface area (Å²) in [6.07, 6.45) is 1.29. The summed E-state index contributed by atoms with van der Waals surface area (Å²) in [4.78, 5) is 4.48. The van der Waals surface area contributed by atoms with E-state index in [1.54, 1.807) is 6.33 Å². The van der Waals surface area contributed by atoms with E-state index in [1.807, 2.05) is 41.9 Å². The predicted molar refractivity (Wildman–Crippen MR) is 130 cm³/mol. The maximum atomic E-state index is 6.64. The Morgan fingerprint density at radius 1 is 1.00 bits per heavy atom. The van der Waals surface area contributed by atoms with Crippen LogP contribution in [0.25, 0.3) is 5.70 Å². The molecule has 0 fully saturated rings. The summed E-state index contributed by atoms with van der Waals surface area (Å²) in [5.74, 6) is 2.39. The van der Waals surface area contributed by atoms with Crippen molar-refractivity contribution in [3.05, 3.63) is 106 Å². The second-order valence-corrected chi connectivity index (χ2v) is 8.85. The number of fused-ring (bicyclic) bond motifs is 3. The molecule has 0 saturated heterocycles. The first-order valence-electron chi connectivity index (χ1n) is 10.9. The molecule has 164 valence electrons. The maximum absolute atomic E-state index is 6.64.